The second-order valence-corrected chi connectivity index (χ2v) is 2.63. The first-order valence-electron chi connectivity index (χ1n) is 3.94. The molecule has 0 atom stereocenters. The number of amides is 3. The van der Waals surface area contributed by atoms with Crippen LogP contribution in [0.15, 0.2) is 12.2 Å². The van der Waals surface area contributed by atoms with E-state index in [9.17, 15) is 9.59 Å². The molecule has 0 bridgehead atoms. The molecule has 1 aliphatic rings. The highest BCUT2D eigenvalue weighted by atomic mass is 16.2. The Morgan fingerprint density at radius 3 is 2.83 bits per heavy atom. The van der Waals surface area contributed by atoms with Gasteiger partial charge in [-0.2, -0.15) is 0 Å². The van der Waals surface area contributed by atoms with Crippen LogP contribution >= 0.6 is 0 Å². The Kier molecular flexibility index (Phi) is 2.85. The summed E-state index contributed by atoms with van der Waals surface area (Å²) in [6, 6.07) is -0.274. The van der Waals surface area contributed by atoms with Gasteiger partial charge in [0.2, 0.25) is 5.91 Å². The van der Waals surface area contributed by atoms with E-state index in [1.807, 2.05) is 19.1 Å². The molecule has 1 N–H and O–H groups in total. The number of carbonyl (C=O) groups excluding carboxylic acids is 2. The Bertz CT molecular complexity index is 223. The molecule has 12 heavy (non-hydrogen) atoms. The molecular weight excluding hydrogens is 156 g/mol. The van der Waals surface area contributed by atoms with Crippen molar-refractivity contribution in [1.82, 2.24) is 10.2 Å². The fourth-order valence-electron chi connectivity index (χ4n) is 1.06. The van der Waals surface area contributed by atoms with Crippen LogP contribution in [0.5, 0.6) is 0 Å². The van der Waals surface area contributed by atoms with Crippen LogP contribution in [-0.2, 0) is 4.79 Å². The molecule has 0 aromatic rings. The number of rotatable bonds is 3. The highest BCUT2D eigenvalue weighted by Gasteiger charge is 2.25. The number of hydrogen-bond acceptors (Lipinski definition) is 2. The van der Waals surface area contributed by atoms with Crippen molar-refractivity contribution in [2.24, 2.45) is 0 Å². The predicted molar refractivity (Wildman–Crippen MR) is 44.5 cm³/mol. The molecule has 0 aromatic carbocycles. The van der Waals surface area contributed by atoms with Crippen LogP contribution in [0.25, 0.3) is 0 Å². The predicted octanol–water partition coefficient (Wildman–Crippen LogP) is 0.504. The van der Waals surface area contributed by atoms with Gasteiger partial charge in [0.05, 0.1) is 0 Å². The Hall–Kier alpha value is -1.32. The van der Waals surface area contributed by atoms with Gasteiger partial charge < -0.3 is 4.90 Å². The van der Waals surface area contributed by atoms with E-state index >= 15 is 0 Å². The molecule has 66 valence electrons. The molecular formula is C8H12N2O2. The monoisotopic (exact) mass is 168 g/mol. The van der Waals surface area contributed by atoms with Crippen molar-refractivity contribution in [2.45, 2.75) is 13.3 Å². The number of allylic oxidation sites excluding steroid dienone is 1. The molecule has 0 spiro atoms. The first-order valence-corrected chi connectivity index (χ1v) is 3.94. The van der Waals surface area contributed by atoms with E-state index in [1.54, 1.807) is 0 Å². The third-order valence-corrected chi connectivity index (χ3v) is 1.67. The van der Waals surface area contributed by atoms with Crippen LogP contribution in [0.3, 0.4) is 0 Å². The Labute approximate surface area is 71.2 Å². The molecule has 0 aliphatic carbocycles. The Morgan fingerprint density at radius 1 is 1.58 bits per heavy atom. The van der Waals surface area contributed by atoms with Gasteiger partial charge in [-0.25, -0.2) is 4.79 Å². The van der Waals surface area contributed by atoms with Crippen molar-refractivity contribution in [3.8, 4) is 0 Å². The van der Waals surface area contributed by atoms with Gasteiger partial charge in [-0.1, -0.05) is 12.2 Å². The largest absolute Gasteiger partial charge is 0.324 e. The zero-order chi connectivity index (χ0) is 8.97. The highest BCUT2D eigenvalue weighted by molar-refractivity contribution is 6.01. The molecule has 0 aromatic heterocycles. The van der Waals surface area contributed by atoms with Crippen molar-refractivity contribution < 1.29 is 9.59 Å². The van der Waals surface area contributed by atoms with Crippen LogP contribution in [0.2, 0.25) is 0 Å². The van der Waals surface area contributed by atoms with Crippen molar-refractivity contribution >= 4 is 11.9 Å². The summed E-state index contributed by atoms with van der Waals surface area (Å²) in [4.78, 5) is 23.2. The van der Waals surface area contributed by atoms with Crippen LogP contribution in [-0.4, -0.2) is 29.9 Å². The first-order chi connectivity index (χ1) is 5.74. The summed E-state index contributed by atoms with van der Waals surface area (Å²) >= 11 is 0. The van der Waals surface area contributed by atoms with E-state index in [4.69, 9.17) is 0 Å². The van der Waals surface area contributed by atoms with Gasteiger partial charge in [-0.05, 0) is 13.3 Å². The van der Waals surface area contributed by atoms with Crippen LogP contribution in [0.4, 0.5) is 4.79 Å². The lowest BCUT2D eigenvalue weighted by atomic mass is 10.3. The quantitative estimate of drug-likeness (QED) is 0.493. The summed E-state index contributed by atoms with van der Waals surface area (Å²) in [5, 5.41) is 2.22. The minimum Gasteiger partial charge on any atom is -0.315 e. The van der Waals surface area contributed by atoms with E-state index in [1.165, 1.54) is 4.90 Å². The molecule has 0 radical (unpaired) electrons. The van der Waals surface area contributed by atoms with E-state index in [0.29, 0.717) is 6.54 Å². The molecule has 1 heterocycles. The lowest BCUT2D eigenvalue weighted by Gasteiger charge is -2.10. The lowest BCUT2D eigenvalue weighted by molar-refractivity contribution is -0.118. The van der Waals surface area contributed by atoms with Gasteiger partial charge in [0, 0.05) is 6.54 Å². The maximum Gasteiger partial charge on any atom is 0.324 e. The third kappa shape index (κ3) is 2.08. The van der Waals surface area contributed by atoms with Crippen molar-refractivity contribution in [2.75, 3.05) is 13.1 Å². The number of hydrogen-bond donors (Lipinski definition) is 1. The third-order valence-electron chi connectivity index (χ3n) is 1.67. The first kappa shape index (κ1) is 8.77. The van der Waals surface area contributed by atoms with Gasteiger partial charge >= 0.3 is 6.03 Å². The molecule has 0 unspecified atom stereocenters. The zero-order valence-corrected chi connectivity index (χ0v) is 7.04. The molecule has 1 saturated heterocycles. The average Bonchev–Trinajstić information content (AvgIpc) is 2.31. The van der Waals surface area contributed by atoms with Crippen LogP contribution in [0.1, 0.15) is 13.3 Å². The lowest BCUT2D eigenvalue weighted by Crippen LogP contribution is -2.28. The fraction of sp³-hybridized carbons (Fsp3) is 0.500. The molecule has 3 amide bonds. The summed E-state index contributed by atoms with van der Waals surface area (Å²) in [6.45, 7) is 2.74. The molecule has 4 heteroatoms. The van der Waals surface area contributed by atoms with Gasteiger partial charge in [0.25, 0.3) is 0 Å². The second kappa shape index (κ2) is 3.90. The second-order valence-electron chi connectivity index (χ2n) is 2.63. The maximum absolute atomic E-state index is 10.9. The standard InChI is InChI=1S/C8H12N2O2/c1-2-3-4-5-10-6-7(11)9-8(10)12/h2-3H,4-6H2,1H3,(H,9,11,12)/b3-2+. The van der Waals surface area contributed by atoms with E-state index in [0.717, 1.165) is 6.42 Å². The molecule has 1 fully saturated rings. The average molecular weight is 168 g/mol. The molecule has 0 saturated carbocycles. The summed E-state index contributed by atoms with van der Waals surface area (Å²) in [7, 11) is 0. The topological polar surface area (TPSA) is 49.4 Å². The summed E-state index contributed by atoms with van der Waals surface area (Å²) < 4.78 is 0. The normalized spacial score (nSPS) is 17.6. The number of urea groups is 1. The van der Waals surface area contributed by atoms with E-state index in [-0.39, 0.29) is 18.5 Å². The van der Waals surface area contributed by atoms with Gasteiger partial charge in [-0.15, -0.1) is 0 Å². The van der Waals surface area contributed by atoms with Gasteiger partial charge in [-0.3, -0.25) is 10.1 Å². The van der Waals surface area contributed by atoms with E-state index < -0.39 is 0 Å². The fourth-order valence-corrected chi connectivity index (χ4v) is 1.06. The Balaban J connectivity index is 2.33. The van der Waals surface area contributed by atoms with Crippen molar-refractivity contribution in [3.05, 3.63) is 12.2 Å². The number of imide groups is 1. The smallest absolute Gasteiger partial charge is 0.315 e. The SMILES string of the molecule is C/C=C/CCN1CC(=O)NC1=O. The van der Waals surface area contributed by atoms with Gasteiger partial charge in [0.1, 0.15) is 6.54 Å². The van der Waals surface area contributed by atoms with E-state index in [2.05, 4.69) is 5.32 Å². The van der Waals surface area contributed by atoms with Crippen molar-refractivity contribution in [3.63, 3.8) is 0 Å². The minimum absolute atomic E-state index is 0.205. The molecule has 1 rings (SSSR count). The van der Waals surface area contributed by atoms with Crippen molar-refractivity contribution in [1.29, 1.82) is 0 Å². The number of nitrogens with one attached hydrogen (secondary N) is 1. The molecule has 4 nitrogen and oxygen atoms in total. The zero-order valence-electron chi connectivity index (χ0n) is 7.04. The summed E-state index contributed by atoms with van der Waals surface area (Å²) in [6.07, 6.45) is 4.70. The number of carbonyl (C=O) groups is 2. The molecule has 1 aliphatic heterocycles. The van der Waals surface area contributed by atoms with Crippen LogP contribution < -0.4 is 5.32 Å². The summed E-state index contributed by atoms with van der Waals surface area (Å²) in [5.74, 6) is -0.208. The summed E-state index contributed by atoms with van der Waals surface area (Å²) in [5.41, 5.74) is 0. The number of nitrogens with zero attached hydrogens (tertiary/aromatic N) is 1. The maximum atomic E-state index is 10.9. The van der Waals surface area contributed by atoms with Crippen LogP contribution in [0, 0.1) is 0 Å². The Morgan fingerprint density at radius 2 is 2.33 bits per heavy atom. The minimum atomic E-state index is -0.274. The highest BCUT2D eigenvalue weighted by Crippen LogP contribution is 1.99. The van der Waals surface area contributed by atoms with Gasteiger partial charge in [0.15, 0.2) is 0 Å².